The monoisotopic (exact) mass is 385 g/mol. The Morgan fingerprint density at radius 2 is 2.20 bits per heavy atom. The molecule has 1 amide bonds. The van der Waals surface area contributed by atoms with Crippen molar-refractivity contribution in [3.63, 3.8) is 0 Å². The zero-order chi connectivity index (χ0) is 14.5. The lowest BCUT2D eigenvalue weighted by molar-refractivity contribution is -0.117. The van der Waals surface area contributed by atoms with Gasteiger partial charge in [-0.2, -0.15) is 0 Å². The highest BCUT2D eigenvalue weighted by Crippen LogP contribution is 2.17. The molecule has 0 aliphatic heterocycles. The van der Waals surface area contributed by atoms with Crippen LogP contribution in [0.3, 0.4) is 0 Å². The Kier molecular flexibility index (Phi) is 5.02. The maximum atomic E-state index is 13.6. The predicted molar refractivity (Wildman–Crippen MR) is 83.7 cm³/mol. The molecule has 1 atom stereocenters. The lowest BCUT2D eigenvalue weighted by Gasteiger charge is -2.12. The zero-order valence-electron chi connectivity index (χ0n) is 10.5. The van der Waals surface area contributed by atoms with Crippen molar-refractivity contribution in [3.05, 3.63) is 57.7 Å². The van der Waals surface area contributed by atoms with Crippen LogP contribution in [0.15, 0.2) is 42.6 Å². The molecule has 0 fully saturated rings. The van der Waals surface area contributed by atoms with Gasteiger partial charge < -0.3 is 11.1 Å². The lowest BCUT2D eigenvalue weighted by atomic mass is 10.1. The molecule has 6 heteroatoms. The number of halogens is 2. The van der Waals surface area contributed by atoms with Crippen molar-refractivity contribution in [1.82, 2.24) is 4.98 Å². The number of nitrogens with one attached hydrogen (secondary N) is 1. The summed E-state index contributed by atoms with van der Waals surface area (Å²) in [4.78, 5) is 16.0. The maximum Gasteiger partial charge on any atom is 0.241 e. The molecule has 104 valence electrons. The van der Waals surface area contributed by atoms with Crippen molar-refractivity contribution in [1.29, 1.82) is 0 Å². The van der Waals surface area contributed by atoms with E-state index < -0.39 is 17.8 Å². The number of rotatable bonds is 4. The molecular formula is C14H13FIN3O. The molecule has 3 N–H and O–H groups in total. The summed E-state index contributed by atoms with van der Waals surface area (Å²) in [6.07, 6.45) is 1.94. The molecule has 1 heterocycles. The minimum atomic E-state index is -0.774. The molecule has 0 spiro atoms. The van der Waals surface area contributed by atoms with Crippen LogP contribution in [-0.4, -0.2) is 16.9 Å². The number of aromatic nitrogens is 1. The number of carbonyl (C=O) groups is 1. The number of hydrogen-bond acceptors (Lipinski definition) is 3. The second-order valence-corrected chi connectivity index (χ2v) is 5.49. The van der Waals surface area contributed by atoms with Crippen LogP contribution in [0.2, 0.25) is 0 Å². The van der Waals surface area contributed by atoms with Crippen molar-refractivity contribution >= 4 is 34.2 Å². The van der Waals surface area contributed by atoms with Crippen LogP contribution >= 0.6 is 22.6 Å². The van der Waals surface area contributed by atoms with E-state index in [1.807, 2.05) is 28.7 Å². The van der Waals surface area contributed by atoms with E-state index in [1.165, 1.54) is 12.1 Å². The predicted octanol–water partition coefficient (Wildman–Crippen LogP) is 2.33. The Bertz CT molecular complexity index is 607. The summed E-state index contributed by atoms with van der Waals surface area (Å²) < 4.78 is 14.4. The normalized spacial score (nSPS) is 11.9. The van der Waals surface area contributed by atoms with E-state index in [0.717, 1.165) is 9.26 Å². The van der Waals surface area contributed by atoms with Crippen LogP contribution in [0.5, 0.6) is 0 Å². The molecule has 0 aliphatic carbocycles. The Morgan fingerprint density at radius 3 is 2.85 bits per heavy atom. The van der Waals surface area contributed by atoms with E-state index in [9.17, 15) is 9.18 Å². The summed E-state index contributed by atoms with van der Waals surface area (Å²) in [6, 6.07) is 9.20. The molecule has 2 rings (SSSR count). The van der Waals surface area contributed by atoms with Crippen LogP contribution in [0.4, 0.5) is 10.1 Å². The lowest BCUT2D eigenvalue weighted by Crippen LogP contribution is -2.37. The minimum Gasteiger partial charge on any atom is -0.322 e. The van der Waals surface area contributed by atoms with Gasteiger partial charge in [-0.1, -0.05) is 6.07 Å². The Morgan fingerprint density at radius 1 is 1.40 bits per heavy atom. The maximum absolute atomic E-state index is 13.6. The van der Waals surface area contributed by atoms with Crippen LogP contribution in [0.25, 0.3) is 0 Å². The molecule has 0 unspecified atom stereocenters. The average molecular weight is 385 g/mol. The Labute approximate surface area is 129 Å². The number of amides is 1. The van der Waals surface area contributed by atoms with Crippen molar-refractivity contribution < 1.29 is 9.18 Å². The smallest absolute Gasteiger partial charge is 0.241 e. The number of nitrogens with two attached hydrogens (primary N) is 1. The molecule has 0 saturated carbocycles. The summed E-state index contributed by atoms with van der Waals surface area (Å²) in [5.41, 5.74) is 6.65. The summed E-state index contributed by atoms with van der Waals surface area (Å²) in [6.45, 7) is 0. The molecule has 0 saturated heterocycles. The summed E-state index contributed by atoms with van der Waals surface area (Å²) in [5.74, 6) is -0.911. The van der Waals surface area contributed by atoms with Crippen molar-refractivity contribution in [2.75, 3.05) is 5.32 Å². The first-order chi connectivity index (χ1) is 9.56. The summed E-state index contributed by atoms with van der Waals surface area (Å²) in [5, 5.41) is 2.49. The quantitative estimate of drug-likeness (QED) is 0.794. The topological polar surface area (TPSA) is 68.0 Å². The second-order valence-electron chi connectivity index (χ2n) is 4.25. The largest absolute Gasteiger partial charge is 0.322 e. The Balaban J connectivity index is 2.01. The first kappa shape index (κ1) is 14.9. The fourth-order valence-electron chi connectivity index (χ4n) is 1.65. The van der Waals surface area contributed by atoms with Crippen LogP contribution in [0, 0.1) is 9.39 Å². The number of anilines is 1. The second kappa shape index (κ2) is 6.76. The first-order valence-electron chi connectivity index (χ1n) is 5.97. The highest BCUT2D eigenvalue weighted by molar-refractivity contribution is 14.1. The van der Waals surface area contributed by atoms with Crippen molar-refractivity contribution in [2.45, 2.75) is 12.5 Å². The molecule has 4 nitrogen and oxygen atoms in total. The van der Waals surface area contributed by atoms with Gasteiger partial charge in [-0.15, -0.1) is 0 Å². The first-order valence-corrected chi connectivity index (χ1v) is 7.05. The summed E-state index contributed by atoms with van der Waals surface area (Å²) >= 11 is 2.00. The van der Waals surface area contributed by atoms with Crippen LogP contribution in [-0.2, 0) is 11.2 Å². The third kappa shape index (κ3) is 3.97. The molecule has 1 aromatic carbocycles. The minimum absolute atomic E-state index is 0.131. The molecular weight excluding hydrogens is 372 g/mol. The van der Waals surface area contributed by atoms with E-state index in [-0.39, 0.29) is 5.69 Å². The van der Waals surface area contributed by atoms with Crippen LogP contribution in [0.1, 0.15) is 5.69 Å². The average Bonchev–Trinajstić information content (AvgIpc) is 2.43. The van der Waals surface area contributed by atoms with E-state index in [0.29, 0.717) is 6.42 Å². The van der Waals surface area contributed by atoms with Gasteiger partial charge in [0, 0.05) is 21.9 Å². The molecule has 0 bridgehead atoms. The zero-order valence-corrected chi connectivity index (χ0v) is 12.7. The molecule has 1 aromatic heterocycles. The highest BCUT2D eigenvalue weighted by Gasteiger charge is 2.16. The van der Waals surface area contributed by atoms with Crippen molar-refractivity contribution in [2.24, 2.45) is 5.73 Å². The van der Waals surface area contributed by atoms with Gasteiger partial charge in [0.05, 0.1) is 11.7 Å². The highest BCUT2D eigenvalue weighted by atomic mass is 127. The molecule has 0 radical (unpaired) electrons. The third-order valence-electron chi connectivity index (χ3n) is 2.68. The van der Waals surface area contributed by atoms with Crippen molar-refractivity contribution in [3.8, 4) is 0 Å². The number of nitrogens with zero attached hydrogens (tertiary/aromatic N) is 1. The fourth-order valence-corrected chi connectivity index (χ4v) is 2.11. The van der Waals surface area contributed by atoms with E-state index in [2.05, 4.69) is 10.3 Å². The van der Waals surface area contributed by atoms with Gasteiger partial charge in [0.15, 0.2) is 0 Å². The molecule has 0 aliphatic rings. The van der Waals surface area contributed by atoms with Gasteiger partial charge in [-0.3, -0.25) is 9.78 Å². The number of carbonyl (C=O) groups excluding carboxylic acids is 1. The standard InChI is InChI=1S/C14H13FIN3O/c15-11-7-9(16)4-5-13(11)19-14(20)12(17)8-10-3-1-2-6-18-10/h1-7,12H,8,17H2,(H,19,20)/t12-/m0/s1. The van der Waals surface area contributed by atoms with Crippen LogP contribution < -0.4 is 11.1 Å². The third-order valence-corrected chi connectivity index (χ3v) is 3.35. The number of hydrogen-bond donors (Lipinski definition) is 2. The van der Waals surface area contributed by atoms with E-state index in [4.69, 9.17) is 5.73 Å². The van der Waals surface area contributed by atoms with Gasteiger partial charge in [0.1, 0.15) is 5.82 Å². The van der Waals surface area contributed by atoms with Gasteiger partial charge >= 0.3 is 0 Å². The molecule has 2 aromatic rings. The van der Waals surface area contributed by atoms with Gasteiger partial charge in [-0.05, 0) is 52.9 Å². The SMILES string of the molecule is N[C@@H](Cc1ccccn1)C(=O)Nc1ccc(I)cc1F. The number of benzene rings is 1. The number of pyridine rings is 1. The summed E-state index contributed by atoms with van der Waals surface area (Å²) in [7, 11) is 0. The fraction of sp³-hybridized carbons (Fsp3) is 0.143. The van der Waals surface area contributed by atoms with Gasteiger partial charge in [-0.25, -0.2) is 4.39 Å². The van der Waals surface area contributed by atoms with Gasteiger partial charge in [0.25, 0.3) is 0 Å². The van der Waals surface area contributed by atoms with Gasteiger partial charge in [0.2, 0.25) is 5.91 Å². The molecule has 20 heavy (non-hydrogen) atoms. The Hall–Kier alpha value is -1.54. The van der Waals surface area contributed by atoms with E-state index >= 15 is 0 Å². The van der Waals surface area contributed by atoms with E-state index in [1.54, 1.807) is 24.4 Å².